The largest absolute Gasteiger partial charge is 2.00 e. The molecular weight excluding hydrogens is 611 g/mol. The zero-order valence-electron chi connectivity index (χ0n) is 19.9. The Labute approximate surface area is 221 Å². The van der Waals surface area contributed by atoms with Crippen molar-refractivity contribution >= 4 is 17.3 Å². The topological polar surface area (TPSA) is 34.0 Å². The van der Waals surface area contributed by atoms with E-state index in [2.05, 4.69) is 62.1 Å². The van der Waals surface area contributed by atoms with Crippen molar-refractivity contribution < 1.29 is 21.1 Å². The van der Waals surface area contributed by atoms with Crippen molar-refractivity contribution in [3.05, 3.63) is 121 Å². The summed E-state index contributed by atoms with van der Waals surface area (Å²) in [5.41, 5.74) is 5.06. The van der Waals surface area contributed by atoms with Crippen molar-refractivity contribution in [2.75, 3.05) is 4.90 Å². The third kappa shape index (κ3) is 5.44. The second kappa shape index (κ2) is 10.4. The van der Waals surface area contributed by atoms with Crippen LogP contribution >= 0.6 is 0 Å². The molecule has 176 valence electrons. The summed E-state index contributed by atoms with van der Waals surface area (Å²) in [6.07, 6.45) is 1.95. The SMILES string of the molecule is CC(C)(C)c1ccc(N(c2cccc(-c3[c-]cccc3)n2)c2ccn(-c3[c-]cccc3)n2)cc1.[Pt+2]. The fraction of sp³-hybridized carbons (Fsp3) is 0.133. The zero-order chi connectivity index (χ0) is 23.5. The van der Waals surface area contributed by atoms with Crippen molar-refractivity contribution in [3.8, 4) is 16.9 Å². The van der Waals surface area contributed by atoms with Crippen LogP contribution in [0.5, 0.6) is 0 Å². The Morgan fingerprint density at radius 1 is 0.743 bits per heavy atom. The standard InChI is InChI=1S/C30H26N4.Pt/c1-30(2,3)24-17-19-26(20-18-24)34(29-21-22-33(32-29)25-13-8-5-9-14-25)28-16-10-15-27(31-28)23-11-6-4-7-12-23;/h4-11,13,15-22H,1-3H3;/q-2;+2. The Balaban J connectivity index is 0.00000289. The van der Waals surface area contributed by atoms with Gasteiger partial charge >= 0.3 is 21.1 Å². The Bertz CT molecular complexity index is 1370. The van der Waals surface area contributed by atoms with E-state index in [9.17, 15) is 0 Å². The minimum absolute atomic E-state index is 0. The van der Waals surface area contributed by atoms with Crippen LogP contribution in [0.1, 0.15) is 26.3 Å². The molecular formula is C30H26N4Pt. The number of rotatable bonds is 5. The van der Waals surface area contributed by atoms with E-state index in [1.165, 1.54) is 5.56 Å². The fourth-order valence-corrected chi connectivity index (χ4v) is 3.84. The summed E-state index contributed by atoms with van der Waals surface area (Å²) in [6.45, 7) is 6.66. The first-order valence-corrected chi connectivity index (χ1v) is 11.4. The smallest absolute Gasteiger partial charge is 0.280 e. The molecule has 0 atom stereocenters. The summed E-state index contributed by atoms with van der Waals surface area (Å²) in [5, 5.41) is 4.87. The Hall–Kier alpha value is -3.49. The second-order valence-corrected chi connectivity index (χ2v) is 9.16. The summed E-state index contributed by atoms with van der Waals surface area (Å²) >= 11 is 0. The Morgan fingerprint density at radius 3 is 2.14 bits per heavy atom. The van der Waals surface area contributed by atoms with E-state index in [0.717, 1.165) is 34.3 Å². The minimum Gasteiger partial charge on any atom is -0.280 e. The average Bonchev–Trinajstić information content (AvgIpc) is 3.35. The van der Waals surface area contributed by atoms with Gasteiger partial charge in [-0.1, -0.05) is 45.0 Å². The van der Waals surface area contributed by atoms with Gasteiger partial charge in [0, 0.05) is 18.0 Å². The predicted octanol–water partition coefficient (Wildman–Crippen LogP) is 7.30. The maximum Gasteiger partial charge on any atom is 2.00 e. The fourth-order valence-electron chi connectivity index (χ4n) is 3.84. The van der Waals surface area contributed by atoms with Gasteiger partial charge in [-0.3, -0.25) is 14.6 Å². The van der Waals surface area contributed by atoms with Crippen LogP contribution in [0.3, 0.4) is 0 Å². The van der Waals surface area contributed by atoms with E-state index in [4.69, 9.17) is 10.1 Å². The Kier molecular flexibility index (Phi) is 7.33. The summed E-state index contributed by atoms with van der Waals surface area (Å²) in [6, 6.07) is 38.9. The molecule has 0 bridgehead atoms. The number of hydrogen-bond donors (Lipinski definition) is 0. The van der Waals surface area contributed by atoms with Gasteiger partial charge in [-0.15, -0.1) is 42.0 Å². The zero-order valence-corrected chi connectivity index (χ0v) is 22.2. The van der Waals surface area contributed by atoms with E-state index in [-0.39, 0.29) is 26.5 Å². The molecule has 5 aromatic rings. The molecule has 0 amide bonds. The molecule has 0 aliphatic rings. The van der Waals surface area contributed by atoms with Gasteiger partial charge in [0.2, 0.25) is 0 Å². The van der Waals surface area contributed by atoms with Gasteiger partial charge in [0.05, 0.1) is 0 Å². The first kappa shape index (κ1) is 24.6. The van der Waals surface area contributed by atoms with Gasteiger partial charge in [-0.25, -0.2) is 0 Å². The molecule has 5 heteroatoms. The number of para-hydroxylation sites is 1. The minimum atomic E-state index is 0. The van der Waals surface area contributed by atoms with Crippen LogP contribution in [0.25, 0.3) is 16.9 Å². The van der Waals surface area contributed by atoms with Crippen LogP contribution in [0.4, 0.5) is 17.3 Å². The number of nitrogens with zero attached hydrogens (tertiary/aromatic N) is 4. The Morgan fingerprint density at radius 2 is 1.49 bits per heavy atom. The van der Waals surface area contributed by atoms with Crippen LogP contribution in [0.15, 0.2) is 103 Å². The summed E-state index contributed by atoms with van der Waals surface area (Å²) < 4.78 is 1.83. The third-order valence-corrected chi connectivity index (χ3v) is 5.68. The molecule has 0 unspecified atom stereocenters. The van der Waals surface area contributed by atoms with Crippen molar-refractivity contribution in [2.24, 2.45) is 0 Å². The van der Waals surface area contributed by atoms with Crippen molar-refractivity contribution in [2.45, 2.75) is 26.2 Å². The molecule has 0 N–H and O–H groups in total. The quantitative estimate of drug-likeness (QED) is 0.190. The molecule has 5 rings (SSSR count). The molecule has 3 aromatic carbocycles. The van der Waals surface area contributed by atoms with E-state index >= 15 is 0 Å². The second-order valence-electron chi connectivity index (χ2n) is 9.16. The number of hydrogen-bond acceptors (Lipinski definition) is 3. The van der Waals surface area contributed by atoms with Gasteiger partial charge in [0.15, 0.2) is 5.82 Å². The molecule has 0 aliphatic heterocycles. The molecule has 2 aromatic heterocycles. The molecule has 35 heavy (non-hydrogen) atoms. The van der Waals surface area contributed by atoms with Gasteiger partial charge in [0.1, 0.15) is 5.82 Å². The van der Waals surface area contributed by atoms with Crippen LogP contribution in [0, 0.1) is 12.1 Å². The molecule has 0 spiro atoms. The predicted molar refractivity (Wildman–Crippen MR) is 138 cm³/mol. The number of pyridine rings is 1. The van der Waals surface area contributed by atoms with E-state index in [1.807, 2.05) is 83.7 Å². The first-order valence-electron chi connectivity index (χ1n) is 11.4. The average molecular weight is 638 g/mol. The molecule has 0 saturated carbocycles. The van der Waals surface area contributed by atoms with Crippen LogP contribution in [-0.2, 0) is 26.5 Å². The summed E-state index contributed by atoms with van der Waals surface area (Å²) in [7, 11) is 0. The monoisotopic (exact) mass is 637 g/mol. The first-order chi connectivity index (χ1) is 16.5. The molecule has 0 aliphatic carbocycles. The molecule has 4 nitrogen and oxygen atoms in total. The molecule has 0 fully saturated rings. The molecule has 0 radical (unpaired) electrons. The van der Waals surface area contributed by atoms with E-state index in [0.29, 0.717) is 0 Å². The maximum absolute atomic E-state index is 4.99. The maximum atomic E-state index is 4.99. The number of benzene rings is 3. The number of anilines is 3. The van der Waals surface area contributed by atoms with Crippen molar-refractivity contribution in [1.82, 2.24) is 14.8 Å². The normalized spacial score (nSPS) is 11.1. The van der Waals surface area contributed by atoms with Gasteiger partial charge in [0.25, 0.3) is 0 Å². The van der Waals surface area contributed by atoms with Crippen LogP contribution in [-0.4, -0.2) is 14.8 Å². The number of aromatic nitrogens is 3. The summed E-state index contributed by atoms with van der Waals surface area (Å²) in [4.78, 5) is 7.07. The van der Waals surface area contributed by atoms with Crippen LogP contribution in [0.2, 0.25) is 0 Å². The van der Waals surface area contributed by atoms with Gasteiger partial charge < -0.3 is 0 Å². The third-order valence-electron chi connectivity index (χ3n) is 5.68. The molecule has 0 saturated heterocycles. The van der Waals surface area contributed by atoms with Crippen molar-refractivity contribution in [3.63, 3.8) is 0 Å². The van der Waals surface area contributed by atoms with Gasteiger partial charge in [-0.05, 0) is 40.6 Å². The van der Waals surface area contributed by atoms with Crippen LogP contribution < -0.4 is 4.90 Å². The summed E-state index contributed by atoms with van der Waals surface area (Å²) in [5.74, 6) is 1.57. The van der Waals surface area contributed by atoms with E-state index in [1.54, 1.807) is 0 Å². The molecule has 2 heterocycles. The van der Waals surface area contributed by atoms with E-state index < -0.39 is 0 Å². The van der Waals surface area contributed by atoms with Crippen molar-refractivity contribution in [1.29, 1.82) is 0 Å². The van der Waals surface area contributed by atoms with Gasteiger partial charge in [-0.2, -0.15) is 29.4 Å².